The minimum absolute atomic E-state index is 0.125. The molecule has 144 valence electrons. The van der Waals surface area contributed by atoms with Crippen LogP contribution >= 0.6 is 0 Å². The Bertz CT molecular complexity index is 778. The summed E-state index contributed by atoms with van der Waals surface area (Å²) in [6.45, 7) is 3.43. The number of piperazine rings is 1. The maximum atomic E-state index is 11.2. The van der Waals surface area contributed by atoms with Gasteiger partial charge in [0.25, 0.3) is 5.69 Å². The number of ether oxygens (including phenoxy) is 1. The summed E-state index contributed by atoms with van der Waals surface area (Å²) in [7, 11) is 0. The molecule has 0 radical (unpaired) electrons. The van der Waals surface area contributed by atoms with Crippen molar-refractivity contribution in [3.05, 3.63) is 58.6 Å². The molecule has 1 aliphatic heterocycles. The molecule has 8 heteroatoms. The maximum absolute atomic E-state index is 11.2. The van der Waals surface area contributed by atoms with Gasteiger partial charge in [-0.15, -0.1) is 0 Å². The van der Waals surface area contributed by atoms with E-state index >= 15 is 0 Å². The van der Waals surface area contributed by atoms with Gasteiger partial charge in [0, 0.05) is 38.8 Å². The van der Waals surface area contributed by atoms with Crippen LogP contribution in [0.3, 0.4) is 0 Å². The van der Waals surface area contributed by atoms with E-state index in [2.05, 4.69) is 4.90 Å². The third kappa shape index (κ3) is 4.87. The van der Waals surface area contributed by atoms with Crippen LogP contribution in [-0.2, 0) is 0 Å². The van der Waals surface area contributed by atoms with E-state index in [1.165, 1.54) is 6.07 Å². The second-order valence-corrected chi connectivity index (χ2v) is 6.54. The molecular formula is C19H24N4O4. The van der Waals surface area contributed by atoms with E-state index in [0.717, 1.165) is 13.1 Å². The summed E-state index contributed by atoms with van der Waals surface area (Å²) in [5.41, 5.74) is 7.14. The van der Waals surface area contributed by atoms with Crippen LogP contribution in [0.15, 0.2) is 48.5 Å². The Morgan fingerprint density at radius 1 is 1.11 bits per heavy atom. The number of rotatable bonds is 7. The average Bonchev–Trinajstić information content (AvgIpc) is 2.68. The minimum atomic E-state index is -0.637. The number of nitrogens with zero attached hydrogens (tertiary/aromatic N) is 3. The standard InChI is InChI=1S/C19H24N4O4/c20-16-5-1-4-8-19(16)27-14-15(24)13-21-9-11-22(12-10-21)17-6-2-3-7-18(17)23(25)26/h1-8,15,24H,9-14,20H2. The molecule has 3 N–H and O–H groups in total. The lowest BCUT2D eigenvalue weighted by Crippen LogP contribution is -2.49. The number of nitrogen functional groups attached to an aromatic ring is 1. The number of para-hydroxylation sites is 4. The lowest BCUT2D eigenvalue weighted by atomic mass is 10.2. The summed E-state index contributed by atoms with van der Waals surface area (Å²) in [4.78, 5) is 15.0. The fraction of sp³-hybridized carbons (Fsp3) is 0.368. The second-order valence-electron chi connectivity index (χ2n) is 6.54. The molecule has 1 saturated heterocycles. The topological polar surface area (TPSA) is 105 Å². The molecular weight excluding hydrogens is 348 g/mol. The van der Waals surface area contributed by atoms with E-state index in [4.69, 9.17) is 10.5 Å². The molecule has 1 atom stereocenters. The molecule has 0 saturated carbocycles. The van der Waals surface area contributed by atoms with Gasteiger partial charge in [-0.3, -0.25) is 15.0 Å². The summed E-state index contributed by atoms with van der Waals surface area (Å²) in [5, 5.41) is 21.4. The fourth-order valence-corrected chi connectivity index (χ4v) is 3.21. The monoisotopic (exact) mass is 372 g/mol. The van der Waals surface area contributed by atoms with Gasteiger partial charge in [0.15, 0.2) is 0 Å². The summed E-state index contributed by atoms with van der Waals surface area (Å²) >= 11 is 0. The van der Waals surface area contributed by atoms with Crippen LogP contribution < -0.4 is 15.4 Å². The molecule has 0 spiro atoms. The van der Waals surface area contributed by atoms with Crippen LogP contribution in [0.4, 0.5) is 17.1 Å². The number of β-amino-alcohol motifs (C(OH)–C–C–N with tert-alkyl or cyclic N) is 1. The highest BCUT2D eigenvalue weighted by molar-refractivity contribution is 5.63. The summed E-state index contributed by atoms with van der Waals surface area (Å²) in [5.74, 6) is 0.567. The first kappa shape index (κ1) is 18.9. The van der Waals surface area contributed by atoms with Crippen LogP contribution in [0.5, 0.6) is 5.75 Å². The van der Waals surface area contributed by atoms with E-state index in [0.29, 0.717) is 36.8 Å². The Labute approximate surface area is 157 Å². The Kier molecular flexibility index (Phi) is 6.10. The number of hydrogen-bond acceptors (Lipinski definition) is 7. The molecule has 0 amide bonds. The number of benzene rings is 2. The number of hydrogen-bond donors (Lipinski definition) is 2. The van der Waals surface area contributed by atoms with Crippen LogP contribution in [0.2, 0.25) is 0 Å². The molecule has 1 heterocycles. The Morgan fingerprint density at radius 3 is 2.48 bits per heavy atom. The molecule has 3 rings (SSSR count). The van der Waals surface area contributed by atoms with Crippen molar-refractivity contribution in [3.63, 3.8) is 0 Å². The summed E-state index contributed by atoms with van der Waals surface area (Å²) < 4.78 is 5.59. The zero-order valence-corrected chi connectivity index (χ0v) is 15.0. The molecule has 2 aromatic carbocycles. The van der Waals surface area contributed by atoms with E-state index < -0.39 is 6.10 Å². The summed E-state index contributed by atoms with van der Waals surface area (Å²) in [6.07, 6.45) is -0.637. The first-order valence-corrected chi connectivity index (χ1v) is 8.90. The second kappa shape index (κ2) is 8.70. The minimum Gasteiger partial charge on any atom is -0.489 e. The van der Waals surface area contributed by atoms with Gasteiger partial charge in [-0.2, -0.15) is 0 Å². The maximum Gasteiger partial charge on any atom is 0.292 e. The van der Waals surface area contributed by atoms with Gasteiger partial charge in [0.05, 0.1) is 10.6 Å². The highest BCUT2D eigenvalue weighted by atomic mass is 16.6. The molecule has 1 fully saturated rings. The van der Waals surface area contributed by atoms with E-state index in [-0.39, 0.29) is 17.2 Å². The van der Waals surface area contributed by atoms with Gasteiger partial charge >= 0.3 is 0 Å². The Morgan fingerprint density at radius 2 is 1.78 bits per heavy atom. The lowest BCUT2D eigenvalue weighted by Gasteiger charge is -2.36. The van der Waals surface area contributed by atoms with E-state index in [1.807, 2.05) is 23.1 Å². The van der Waals surface area contributed by atoms with E-state index in [1.54, 1.807) is 24.3 Å². The molecule has 1 aliphatic rings. The summed E-state index contributed by atoms with van der Waals surface area (Å²) in [6, 6.07) is 14.0. The average molecular weight is 372 g/mol. The first-order valence-electron chi connectivity index (χ1n) is 8.90. The third-order valence-electron chi connectivity index (χ3n) is 4.61. The molecule has 2 aromatic rings. The van der Waals surface area contributed by atoms with Gasteiger partial charge < -0.3 is 20.5 Å². The fourth-order valence-electron chi connectivity index (χ4n) is 3.21. The van der Waals surface area contributed by atoms with Crippen molar-refractivity contribution < 1.29 is 14.8 Å². The molecule has 0 aromatic heterocycles. The van der Waals surface area contributed by atoms with Crippen LogP contribution in [-0.4, -0.2) is 60.4 Å². The van der Waals surface area contributed by atoms with Gasteiger partial charge in [0.2, 0.25) is 0 Å². The van der Waals surface area contributed by atoms with Crippen molar-refractivity contribution in [1.29, 1.82) is 0 Å². The molecule has 8 nitrogen and oxygen atoms in total. The van der Waals surface area contributed by atoms with Crippen molar-refractivity contribution in [2.75, 3.05) is 50.0 Å². The van der Waals surface area contributed by atoms with Crippen molar-refractivity contribution in [2.24, 2.45) is 0 Å². The molecule has 1 unspecified atom stereocenters. The van der Waals surface area contributed by atoms with Gasteiger partial charge in [-0.1, -0.05) is 24.3 Å². The van der Waals surface area contributed by atoms with Crippen LogP contribution in [0.25, 0.3) is 0 Å². The zero-order chi connectivity index (χ0) is 19.2. The van der Waals surface area contributed by atoms with Crippen LogP contribution in [0.1, 0.15) is 0 Å². The zero-order valence-electron chi connectivity index (χ0n) is 15.0. The number of nitro groups is 1. The van der Waals surface area contributed by atoms with Crippen molar-refractivity contribution in [3.8, 4) is 5.75 Å². The Balaban J connectivity index is 1.48. The predicted octanol–water partition coefficient (Wildman–Crippen LogP) is 1.74. The van der Waals surface area contributed by atoms with Crippen LogP contribution in [0, 0.1) is 10.1 Å². The largest absolute Gasteiger partial charge is 0.489 e. The SMILES string of the molecule is Nc1ccccc1OCC(O)CN1CCN(c2ccccc2[N+](=O)[O-])CC1. The number of aliphatic hydroxyl groups excluding tert-OH is 1. The molecule has 27 heavy (non-hydrogen) atoms. The van der Waals surface area contributed by atoms with Crippen molar-refractivity contribution >= 4 is 17.1 Å². The van der Waals surface area contributed by atoms with Gasteiger partial charge in [-0.25, -0.2) is 0 Å². The van der Waals surface area contributed by atoms with Gasteiger partial charge in [-0.05, 0) is 18.2 Å². The predicted molar refractivity (Wildman–Crippen MR) is 104 cm³/mol. The highest BCUT2D eigenvalue weighted by Crippen LogP contribution is 2.28. The normalized spacial score (nSPS) is 16.1. The smallest absolute Gasteiger partial charge is 0.292 e. The van der Waals surface area contributed by atoms with Crippen molar-refractivity contribution in [2.45, 2.75) is 6.10 Å². The van der Waals surface area contributed by atoms with Gasteiger partial charge in [0.1, 0.15) is 24.1 Å². The third-order valence-corrected chi connectivity index (χ3v) is 4.61. The number of aliphatic hydroxyl groups is 1. The highest BCUT2D eigenvalue weighted by Gasteiger charge is 2.24. The number of anilines is 2. The van der Waals surface area contributed by atoms with Crippen molar-refractivity contribution in [1.82, 2.24) is 4.90 Å². The first-order chi connectivity index (χ1) is 13.0. The number of nitro benzene ring substituents is 1. The Hall–Kier alpha value is -2.84. The lowest BCUT2D eigenvalue weighted by molar-refractivity contribution is -0.384. The quantitative estimate of drug-likeness (QED) is 0.433. The van der Waals surface area contributed by atoms with E-state index in [9.17, 15) is 15.2 Å². The molecule has 0 aliphatic carbocycles. The number of nitrogens with two attached hydrogens (primary N) is 1. The molecule has 0 bridgehead atoms.